The fourth-order valence-electron chi connectivity index (χ4n) is 1.55. The lowest BCUT2D eigenvalue weighted by Gasteiger charge is -2.05. The predicted molar refractivity (Wildman–Crippen MR) is 61.7 cm³/mol. The van der Waals surface area contributed by atoms with Crippen molar-refractivity contribution in [3.05, 3.63) is 35.0 Å². The van der Waals surface area contributed by atoms with E-state index in [1.807, 2.05) is 25.1 Å². The maximum Gasteiger partial charge on any atom is 0.257 e. The summed E-state index contributed by atoms with van der Waals surface area (Å²) in [4.78, 5) is 13.5. The first-order chi connectivity index (χ1) is 7.08. The van der Waals surface area contributed by atoms with Gasteiger partial charge in [0.1, 0.15) is 0 Å². The summed E-state index contributed by atoms with van der Waals surface area (Å²) >= 11 is 5.84. The quantitative estimate of drug-likeness (QED) is 0.739. The van der Waals surface area contributed by atoms with E-state index in [2.05, 4.69) is 5.32 Å². The number of anilines is 1. The number of halogens is 1. The summed E-state index contributed by atoms with van der Waals surface area (Å²) in [6.45, 7) is 0. The molecule has 1 N–H and O–H groups in total. The summed E-state index contributed by atoms with van der Waals surface area (Å²) in [5.41, 5.74) is 2.35. The molecule has 1 heterocycles. The number of nitrogens with zero attached hydrogens (tertiary/aromatic N) is 1. The van der Waals surface area contributed by atoms with Crippen molar-refractivity contribution in [3.63, 3.8) is 0 Å². The van der Waals surface area contributed by atoms with Crippen LogP contribution >= 0.6 is 11.6 Å². The summed E-state index contributed by atoms with van der Waals surface area (Å²) in [6.07, 6.45) is 1.80. The Labute approximate surface area is 93.3 Å². The van der Waals surface area contributed by atoms with E-state index in [0.29, 0.717) is 10.6 Å². The zero-order chi connectivity index (χ0) is 11.0. The third-order valence-electron chi connectivity index (χ3n) is 2.15. The lowest BCUT2D eigenvalue weighted by atomic mass is 10.1. The van der Waals surface area contributed by atoms with Gasteiger partial charge in [0.15, 0.2) is 0 Å². The van der Waals surface area contributed by atoms with Crippen LogP contribution in [0.5, 0.6) is 0 Å². The highest BCUT2D eigenvalue weighted by Crippen LogP contribution is 2.33. The van der Waals surface area contributed by atoms with E-state index in [4.69, 9.17) is 11.6 Å². The predicted octanol–water partition coefficient (Wildman–Crippen LogP) is 2.19. The SMILES string of the molecule is CN(C)C=C1C(=O)Nc2cc(Cl)ccc21. The molecule has 0 unspecified atom stereocenters. The third kappa shape index (κ3) is 1.83. The first kappa shape index (κ1) is 10.1. The molecule has 15 heavy (non-hydrogen) atoms. The number of carbonyl (C=O) groups is 1. The van der Waals surface area contributed by atoms with Crippen LogP contribution in [0, 0.1) is 0 Å². The number of rotatable bonds is 1. The van der Waals surface area contributed by atoms with Gasteiger partial charge in [0.05, 0.1) is 11.3 Å². The van der Waals surface area contributed by atoms with E-state index in [1.165, 1.54) is 0 Å². The summed E-state index contributed by atoms with van der Waals surface area (Å²) in [5.74, 6) is -0.0824. The Balaban J connectivity index is 2.51. The summed E-state index contributed by atoms with van der Waals surface area (Å²) in [7, 11) is 3.77. The van der Waals surface area contributed by atoms with E-state index in [0.717, 1.165) is 11.3 Å². The smallest absolute Gasteiger partial charge is 0.257 e. The molecule has 0 aliphatic carbocycles. The molecule has 0 atom stereocenters. The Morgan fingerprint density at radius 2 is 2.13 bits per heavy atom. The number of benzene rings is 1. The molecule has 78 valence electrons. The highest BCUT2D eigenvalue weighted by molar-refractivity contribution is 6.34. The van der Waals surface area contributed by atoms with Gasteiger partial charge in [-0.15, -0.1) is 0 Å². The molecule has 1 aromatic rings. The Morgan fingerprint density at radius 1 is 1.40 bits per heavy atom. The van der Waals surface area contributed by atoms with Gasteiger partial charge in [-0.3, -0.25) is 4.79 Å². The Morgan fingerprint density at radius 3 is 2.80 bits per heavy atom. The van der Waals surface area contributed by atoms with E-state index in [-0.39, 0.29) is 5.91 Å². The topological polar surface area (TPSA) is 32.3 Å². The van der Waals surface area contributed by atoms with Crippen molar-refractivity contribution in [3.8, 4) is 0 Å². The van der Waals surface area contributed by atoms with Crippen LogP contribution in [0.15, 0.2) is 24.4 Å². The number of carbonyl (C=O) groups excluding carboxylic acids is 1. The van der Waals surface area contributed by atoms with Gasteiger partial charge in [0.2, 0.25) is 0 Å². The normalized spacial score (nSPS) is 16.5. The third-order valence-corrected chi connectivity index (χ3v) is 2.39. The van der Waals surface area contributed by atoms with Gasteiger partial charge in [-0.1, -0.05) is 17.7 Å². The highest BCUT2D eigenvalue weighted by Gasteiger charge is 2.24. The molecule has 0 spiro atoms. The Hall–Kier alpha value is -1.48. The Kier molecular flexibility index (Phi) is 2.40. The molecular formula is C11H11ClN2O. The minimum Gasteiger partial charge on any atom is -0.383 e. The molecule has 2 rings (SSSR count). The molecule has 0 fully saturated rings. The zero-order valence-corrected chi connectivity index (χ0v) is 9.30. The second-order valence-corrected chi connectivity index (χ2v) is 4.09. The number of hydrogen-bond acceptors (Lipinski definition) is 2. The fraction of sp³-hybridized carbons (Fsp3) is 0.182. The first-order valence-electron chi connectivity index (χ1n) is 4.57. The van der Waals surface area contributed by atoms with Crippen LogP contribution < -0.4 is 5.32 Å². The summed E-state index contributed by atoms with van der Waals surface area (Å²) in [5, 5.41) is 3.40. The van der Waals surface area contributed by atoms with Crippen molar-refractivity contribution in [2.24, 2.45) is 0 Å². The second kappa shape index (κ2) is 3.59. The van der Waals surface area contributed by atoms with Crippen molar-refractivity contribution < 1.29 is 4.79 Å². The van der Waals surface area contributed by atoms with Crippen molar-refractivity contribution >= 4 is 28.8 Å². The van der Waals surface area contributed by atoms with Crippen molar-refractivity contribution in [1.82, 2.24) is 4.90 Å². The number of nitrogens with one attached hydrogen (secondary N) is 1. The molecule has 0 bridgehead atoms. The zero-order valence-electron chi connectivity index (χ0n) is 8.54. The van der Waals surface area contributed by atoms with Gasteiger partial charge in [-0.05, 0) is 12.1 Å². The van der Waals surface area contributed by atoms with E-state index in [9.17, 15) is 4.79 Å². The van der Waals surface area contributed by atoms with Crippen molar-refractivity contribution in [2.75, 3.05) is 19.4 Å². The summed E-state index contributed by atoms with van der Waals surface area (Å²) in [6, 6.07) is 5.39. The fourth-order valence-corrected chi connectivity index (χ4v) is 1.73. The molecule has 1 amide bonds. The first-order valence-corrected chi connectivity index (χ1v) is 4.95. The second-order valence-electron chi connectivity index (χ2n) is 3.65. The maximum atomic E-state index is 11.6. The van der Waals surface area contributed by atoms with Crippen molar-refractivity contribution in [2.45, 2.75) is 0 Å². The molecule has 0 saturated heterocycles. The van der Waals surface area contributed by atoms with Crippen LogP contribution in [0.2, 0.25) is 5.02 Å². The lowest BCUT2D eigenvalue weighted by molar-refractivity contribution is -0.110. The highest BCUT2D eigenvalue weighted by atomic mass is 35.5. The van der Waals surface area contributed by atoms with Gasteiger partial charge in [-0.2, -0.15) is 0 Å². The number of hydrogen-bond donors (Lipinski definition) is 1. The number of amides is 1. The van der Waals surface area contributed by atoms with Gasteiger partial charge in [0, 0.05) is 30.9 Å². The Bertz CT molecular complexity index is 452. The van der Waals surface area contributed by atoms with Crippen LogP contribution in [-0.4, -0.2) is 24.9 Å². The lowest BCUT2D eigenvalue weighted by Crippen LogP contribution is -2.08. The molecule has 1 aliphatic rings. The van der Waals surface area contributed by atoms with Crippen LogP contribution in [-0.2, 0) is 4.79 Å². The molecule has 0 radical (unpaired) electrons. The van der Waals surface area contributed by atoms with Gasteiger partial charge < -0.3 is 10.2 Å². The molecule has 3 nitrogen and oxygen atoms in total. The average molecular weight is 223 g/mol. The molecular weight excluding hydrogens is 212 g/mol. The van der Waals surface area contributed by atoms with Gasteiger partial charge >= 0.3 is 0 Å². The minimum absolute atomic E-state index is 0.0824. The van der Waals surface area contributed by atoms with E-state index < -0.39 is 0 Å². The standard InChI is InChI=1S/C11H11ClN2O/c1-14(2)6-9-8-4-3-7(12)5-10(8)13-11(9)15/h3-6H,1-2H3,(H,13,15). The van der Waals surface area contributed by atoms with E-state index in [1.54, 1.807) is 18.3 Å². The molecule has 1 aliphatic heterocycles. The largest absolute Gasteiger partial charge is 0.383 e. The van der Waals surface area contributed by atoms with Crippen LogP contribution in [0.25, 0.3) is 5.57 Å². The van der Waals surface area contributed by atoms with Gasteiger partial charge in [0.25, 0.3) is 5.91 Å². The van der Waals surface area contributed by atoms with Gasteiger partial charge in [-0.25, -0.2) is 0 Å². The molecule has 0 aromatic heterocycles. The van der Waals surface area contributed by atoms with Crippen LogP contribution in [0.1, 0.15) is 5.56 Å². The van der Waals surface area contributed by atoms with Crippen LogP contribution in [0.4, 0.5) is 5.69 Å². The van der Waals surface area contributed by atoms with Crippen LogP contribution in [0.3, 0.4) is 0 Å². The molecule has 0 saturated carbocycles. The molecule has 1 aromatic carbocycles. The maximum absolute atomic E-state index is 11.6. The average Bonchev–Trinajstić information content (AvgIpc) is 2.41. The van der Waals surface area contributed by atoms with Crippen molar-refractivity contribution in [1.29, 1.82) is 0 Å². The van der Waals surface area contributed by atoms with E-state index >= 15 is 0 Å². The molecule has 4 heteroatoms. The minimum atomic E-state index is -0.0824. The number of fused-ring (bicyclic) bond motifs is 1. The summed E-state index contributed by atoms with van der Waals surface area (Å²) < 4.78 is 0. The monoisotopic (exact) mass is 222 g/mol.